The van der Waals surface area contributed by atoms with Gasteiger partial charge in [0.25, 0.3) is 5.91 Å². The molecular formula is C23H30N3OS+. The Morgan fingerprint density at radius 2 is 1.82 bits per heavy atom. The van der Waals surface area contributed by atoms with Crippen LogP contribution in [0.5, 0.6) is 0 Å². The van der Waals surface area contributed by atoms with Gasteiger partial charge in [0.05, 0.1) is 17.3 Å². The van der Waals surface area contributed by atoms with Crippen LogP contribution in [-0.2, 0) is 11.2 Å². The summed E-state index contributed by atoms with van der Waals surface area (Å²) in [7, 11) is 2.06. The van der Waals surface area contributed by atoms with Crippen molar-refractivity contribution in [1.82, 2.24) is 10.3 Å². The maximum Gasteiger partial charge on any atom is 0.275 e. The highest BCUT2D eigenvalue weighted by Crippen LogP contribution is 2.24. The number of nitrogens with zero attached hydrogens (tertiary/aromatic N) is 1. The van der Waals surface area contributed by atoms with Gasteiger partial charge in [-0.15, -0.1) is 11.3 Å². The van der Waals surface area contributed by atoms with E-state index < -0.39 is 0 Å². The number of para-hydroxylation sites is 1. The summed E-state index contributed by atoms with van der Waals surface area (Å²) in [4.78, 5) is 18.2. The highest BCUT2D eigenvalue weighted by Gasteiger charge is 2.21. The third-order valence-corrected chi connectivity index (χ3v) is 6.46. The molecule has 1 aromatic heterocycles. The number of rotatable bonds is 8. The number of hydrogen-bond acceptors (Lipinski definition) is 3. The molecular weight excluding hydrogens is 366 g/mol. The first-order valence-corrected chi connectivity index (χ1v) is 10.8. The maximum atomic E-state index is 12.3. The summed E-state index contributed by atoms with van der Waals surface area (Å²) >= 11 is 1.72. The summed E-state index contributed by atoms with van der Waals surface area (Å²) in [5.41, 5.74) is 3.64. The molecule has 0 aliphatic rings. The van der Waals surface area contributed by atoms with E-state index in [1.54, 1.807) is 11.3 Å². The minimum absolute atomic E-state index is 0.0873. The van der Waals surface area contributed by atoms with Gasteiger partial charge in [0.2, 0.25) is 0 Å². The minimum atomic E-state index is 0.0873. The standard InChI is InChI=1S/C23H29N3OS/c1-16(2)19-11-9-18(10-12-19)13-14-24-22(27)15-26(4)17(3)23-25-20-7-5-6-8-21(20)28-23/h5-12,16-17H,13-15H2,1-4H3,(H,24,27)/p+1/t17-/m1/s1. The van der Waals surface area contributed by atoms with Crippen molar-refractivity contribution in [3.63, 3.8) is 0 Å². The predicted molar refractivity (Wildman–Crippen MR) is 117 cm³/mol. The van der Waals surface area contributed by atoms with Crippen LogP contribution in [0.1, 0.15) is 48.9 Å². The fourth-order valence-corrected chi connectivity index (χ4v) is 4.28. The van der Waals surface area contributed by atoms with Crippen molar-refractivity contribution in [3.8, 4) is 0 Å². The summed E-state index contributed by atoms with van der Waals surface area (Å²) in [6.45, 7) is 7.65. The SMILES string of the molecule is CC(C)c1ccc(CCNC(=O)C[NH+](C)[C@H](C)c2nc3ccccc3s2)cc1. The molecule has 2 N–H and O–H groups in total. The molecule has 0 fully saturated rings. The van der Waals surface area contributed by atoms with Gasteiger partial charge < -0.3 is 10.2 Å². The van der Waals surface area contributed by atoms with Crippen LogP contribution < -0.4 is 10.2 Å². The lowest BCUT2D eigenvalue weighted by atomic mass is 10.0. The number of benzene rings is 2. The molecule has 3 rings (SSSR count). The molecule has 0 aliphatic heterocycles. The van der Waals surface area contributed by atoms with Gasteiger partial charge in [0.15, 0.2) is 11.6 Å². The Labute approximate surface area is 171 Å². The highest BCUT2D eigenvalue weighted by molar-refractivity contribution is 7.18. The summed E-state index contributed by atoms with van der Waals surface area (Å²) in [6.07, 6.45) is 0.858. The van der Waals surface area contributed by atoms with E-state index >= 15 is 0 Å². The maximum absolute atomic E-state index is 12.3. The minimum Gasteiger partial charge on any atom is -0.351 e. The Hall–Kier alpha value is -2.24. The van der Waals surface area contributed by atoms with Crippen LogP contribution in [-0.4, -0.2) is 31.0 Å². The Morgan fingerprint density at radius 1 is 1.11 bits per heavy atom. The van der Waals surface area contributed by atoms with Crippen LogP contribution in [0.2, 0.25) is 0 Å². The second-order valence-corrected chi connectivity index (χ2v) is 8.82. The molecule has 2 aromatic carbocycles. The van der Waals surface area contributed by atoms with Crippen molar-refractivity contribution in [2.75, 3.05) is 20.1 Å². The fourth-order valence-electron chi connectivity index (χ4n) is 3.17. The van der Waals surface area contributed by atoms with E-state index in [0.29, 0.717) is 19.0 Å². The third-order valence-electron chi connectivity index (χ3n) is 5.24. The zero-order valence-corrected chi connectivity index (χ0v) is 18.0. The van der Waals surface area contributed by atoms with Gasteiger partial charge in [-0.05, 0) is 42.5 Å². The van der Waals surface area contributed by atoms with Crippen molar-refractivity contribution in [2.24, 2.45) is 0 Å². The number of carbonyl (C=O) groups is 1. The second-order valence-electron chi connectivity index (χ2n) is 7.76. The first-order chi connectivity index (χ1) is 13.4. The Kier molecular flexibility index (Phi) is 6.81. The monoisotopic (exact) mass is 396 g/mol. The lowest BCUT2D eigenvalue weighted by Gasteiger charge is -2.19. The van der Waals surface area contributed by atoms with E-state index in [-0.39, 0.29) is 11.9 Å². The zero-order chi connectivity index (χ0) is 20.1. The molecule has 28 heavy (non-hydrogen) atoms. The molecule has 148 valence electrons. The average molecular weight is 397 g/mol. The molecule has 0 saturated carbocycles. The van der Waals surface area contributed by atoms with Gasteiger partial charge in [0, 0.05) is 6.54 Å². The van der Waals surface area contributed by atoms with E-state index in [1.807, 2.05) is 18.2 Å². The molecule has 0 bridgehead atoms. The number of quaternary nitrogens is 1. The van der Waals surface area contributed by atoms with Crippen molar-refractivity contribution in [3.05, 3.63) is 64.7 Å². The van der Waals surface area contributed by atoms with Gasteiger partial charge in [-0.1, -0.05) is 50.2 Å². The second kappa shape index (κ2) is 9.30. The van der Waals surface area contributed by atoms with Crippen molar-refractivity contribution in [1.29, 1.82) is 0 Å². The molecule has 1 unspecified atom stereocenters. The number of aromatic nitrogens is 1. The lowest BCUT2D eigenvalue weighted by molar-refractivity contribution is -0.902. The molecule has 4 nitrogen and oxygen atoms in total. The summed E-state index contributed by atoms with van der Waals surface area (Å²) in [5.74, 6) is 0.633. The van der Waals surface area contributed by atoms with E-state index in [2.05, 4.69) is 63.5 Å². The van der Waals surface area contributed by atoms with Gasteiger partial charge >= 0.3 is 0 Å². The quantitative estimate of drug-likeness (QED) is 0.613. The molecule has 3 aromatic rings. The van der Waals surface area contributed by atoms with Crippen LogP contribution in [0.3, 0.4) is 0 Å². The fraction of sp³-hybridized carbons (Fsp3) is 0.391. The topological polar surface area (TPSA) is 46.4 Å². The number of carbonyl (C=O) groups excluding carboxylic acids is 1. The van der Waals surface area contributed by atoms with Gasteiger partial charge in [0.1, 0.15) is 6.04 Å². The molecule has 5 heteroatoms. The summed E-state index contributed by atoms with van der Waals surface area (Å²) in [5, 5.41) is 4.14. The highest BCUT2D eigenvalue weighted by atomic mass is 32.1. The molecule has 0 aliphatic carbocycles. The van der Waals surface area contributed by atoms with Crippen LogP contribution in [0.25, 0.3) is 10.2 Å². The van der Waals surface area contributed by atoms with Crippen molar-refractivity contribution in [2.45, 2.75) is 39.2 Å². The van der Waals surface area contributed by atoms with Crippen molar-refractivity contribution >= 4 is 27.5 Å². The van der Waals surface area contributed by atoms with Gasteiger partial charge in [-0.2, -0.15) is 0 Å². The Morgan fingerprint density at radius 3 is 2.50 bits per heavy atom. The number of nitrogens with one attached hydrogen (secondary N) is 2. The molecule has 0 spiro atoms. The Balaban J connectivity index is 1.47. The third kappa shape index (κ3) is 5.18. The largest absolute Gasteiger partial charge is 0.351 e. The molecule has 0 radical (unpaired) electrons. The van der Waals surface area contributed by atoms with Crippen LogP contribution >= 0.6 is 11.3 Å². The van der Waals surface area contributed by atoms with Gasteiger partial charge in [-0.25, -0.2) is 4.98 Å². The number of fused-ring (bicyclic) bond motifs is 1. The normalized spacial score (nSPS) is 13.6. The van der Waals surface area contributed by atoms with Crippen LogP contribution in [0, 0.1) is 0 Å². The molecule has 0 saturated heterocycles. The first kappa shape index (κ1) is 20.5. The van der Waals surface area contributed by atoms with Crippen molar-refractivity contribution < 1.29 is 9.69 Å². The zero-order valence-electron chi connectivity index (χ0n) is 17.2. The molecule has 1 amide bonds. The molecule has 2 atom stereocenters. The Bertz CT molecular complexity index is 884. The number of hydrogen-bond donors (Lipinski definition) is 2. The van der Waals surface area contributed by atoms with E-state index in [9.17, 15) is 4.79 Å². The van der Waals surface area contributed by atoms with E-state index in [0.717, 1.165) is 21.8 Å². The summed E-state index contributed by atoms with van der Waals surface area (Å²) in [6, 6.07) is 17.1. The number of likely N-dealkylation sites (N-methyl/N-ethyl adjacent to an activating group) is 1. The van der Waals surface area contributed by atoms with Crippen LogP contribution in [0.15, 0.2) is 48.5 Å². The number of thiazole rings is 1. The van der Waals surface area contributed by atoms with E-state index in [4.69, 9.17) is 4.98 Å². The average Bonchev–Trinajstić information content (AvgIpc) is 3.12. The number of amides is 1. The smallest absolute Gasteiger partial charge is 0.275 e. The lowest BCUT2D eigenvalue weighted by Crippen LogP contribution is -3.10. The first-order valence-electron chi connectivity index (χ1n) is 9.97. The summed E-state index contributed by atoms with van der Waals surface area (Å²) < 4.78 is 1.20. The van der Waals surface area contributed by atoms with Gasteiger partial charge in [-0.3, -0.25) is 4.79 Å². The molecule has 1 heterocycles. The van der Waals surface area contributed by atoms with E-state index in [1.165, 1.54) is 15.8 Å². The van der Waals surface area contributed by atoms with Crippen LogP contribution in [0.4, 0.5) is 0 Å². The predicted octanol–water partition coefficient (Wildman–Crippen LogP) is 3.35.